The van der Waals surface area contributed by atoms with Crippen molar-refractivity contribution in [2.45, 2.75) is 0 Å². The summed E-state index contributed by atoms with van der Waals surface area (Å²) in [6, 6.07) is 81.5. The van der Waals surface area contributed by atoms with Crippen molar-refractivity contribution >= 4 is 80.2 Å². The molecule has 0 unspecified atom stereocenters. The fraction of sp³-hybridized carbons (Fsp3) is 0.0175. The molecule has 0 saturated carbocycles. The normalized spacial score (nSPS) is 10.4. The van der Waals surface area contributed by atoms with Gasteiger partial charge in [0.25, 0.3) is 0 Å². The molecule has 61 heavy (non-hydrogen) atoms. The van der Waals surface area contributed by atoms with Crippen molar-refractivity contribution in [3.63, 3.8) is 0 Å². The van der Waals surface area contributed by atoms with Gasteiger partial charge in [0.15, 0.2) is 5.90 Å². The van der Waals surface area contributed by atoms with Gasteiger partial charge < -0.3 is 12.8 Å². The summed E-state index contributed by atoms with van der Waals surface area (Å²) in [6.07, 6.45) is 14.4. The van der Waals surface area contributed by atoms with Gasteiger partial charge in [0.1, 0.15) is 37.1 Å². The predicted molar refractivity (Wildman–Crippen MR) is 261 cm³/mol. The van der Waals surface area contributed by atoms with E-state index in [1.165, 1.54) is 70.2 Å². The predicted octanol–water partition coefficient (Wildman–Crippen LogP) is 12.5. The second-order valence-corrected chi connectivity index (χ2v) is 19.9. The molecule has 0 fully saturated rings. The van der Waals surface area contributed by atoms with Crippen LogP contribution in [0.2, 0.25) is 0 Å². The van der Waals surface area contributed by atoms with Crippen molar-refractivity contribution in [2.24, 2.45) is 0 Å². The maximum Gasteiger partial charge on any atom is 1.00 e. The van der Waals surface area contributed by atoms with Crippen LogP contribution >= 0.6 is 15.8 Å². The molecule has 0 amide bonds. The van der Waals surface area contributed by atoms with Crippen LogP contribution in [0.25, 0.3) is 43.1 Å². The summed E-state index contributed by atoms with van der Waals surface area (Å²) >= 11 is 0. The molecule has 0 heterocycles. The zero-order valence-corrected chi connectivity index (χ0v) is 39.6. The van der Waals surface area contributed by atoms with E-state index in [4.69, 9.17) is 12.8 Å². The van der Waals surface area contributed by atoms with Gasteiger partial charge >= 0.3 is 44.8 Å². The monoisotopic (exact) mass is 1180 g/mol. The minimum atomic E-state index is -0.847. The van der Waals surface area contributed by atoms with Gasteiger partial charge in [-0.05, 0) is 91.6 Å². The molecule has 0 aromatic heterocycles. The minimum absolute atomic E-state index is 0. The Morgan fingerprint density at radius 2 is 0.557 bits per heavy atom. The Morgan fingerprint density at radius 1 is 0.295 bits per heavy atom. The number of benzene rings is 10. The number of fused-ring (bicyclic) bond motifs is 6. The Kier molecular flexibility index (Phi) is 16.7. The van der Waals surface area contributed by atoms with Crippen LogP contribution < -0.4 is 21.2 Å². The van der Waals surface area contributed by atoms with Gasteiger partial charge in [-0.25, -0.2) is 0 Å². The molecule has 0 saturated heterocycles. The van der Waals surface area contributed by atoms with Crippen LogP contribution in [0, 0.1) is 24.7 Å². The molecule has 0 radical (unpaired) electrons. The Balaban J connectivity index is 0.000000159. The minimum Gasteiger partial charge on any atom is -0.366 e. The molecule has 0 atom stereocenters. The summed E-state index contributed by atoms with van der Waals surface area (Å²) in [4.78, 5) is 0. The van der Waals surface area contributed by atoms with Crippen molar-refractivity contribution < 1.29 is 44.8 Å². The van der Waals surface area contributed by atoms with E-state index < -0.39 is 15.8 Å². The molecule has 10 aromatic rings. The molecule has 0 aliphatic rings. The van der Waals surface area contributed by atoms with Crippen molar-refractivity contribution in [3.05, 3.63) is 254 Å². The van der Waals surface area contributed by atoms with Gasteiger partial charge in [0.05, 0.1) is 0 Å². The maximum atomic E-state index is 7.18. The fourth-order valence-electron chi connectivity index (χ4n) is 7.64. The van der Waals surface area contributed by atoms with Gasteiger partial charge in [-0.3, -0.25) is 11.8 Å². The topological polar surface area (TPSA) is 0 Å². The second-order valence-electron chi connectivity index (χ2n) is 14.3. The summed E-state index contributed by atoms with van der Waals surface area (Å²) in [7, 11) is -1.69. The number of rotatable bonds is 6. The average Bonchev–Trinajstić information content (AvgIpc) is 3.33. The maximum absolute atomic E-state index is 7.18. The molecule has 4 heteroatoms. The largest absolute Gasteiger partial charge is 1.00 e. The third kappa shape index (κ3) is 11.2. The summed E-state index contributed by atoms with van der Waals surface area (Å²) < 4.78 is 0. The van der Waals surface area contributed by atoms with Crippen LogP contribution in [0.4, 0.5) is 0 Å². The van der Waals surface area contributed by atoms with Crippen molar-refractivity contribution in [1.82, 2.24) is 0 Å². The Labute approximate surface area is 394 Å². The van der Waals surface area contributed by atoms with E-state index in [2.05, 4.69) is 182 Å². The average molecular weight is 1180 g/mol. The first-order valence-electron chi connectivity index (χ1n) is 19.8. The molecule has 10 rings (SSSR count). The van der Waals surface area contributed by atoms with Crippen LogP contribution in [0.3, 0.4) is 0 Å². The first-order chi connectivity index (χ1) is 29.2. The SMILES string of the molecule is [Au+].[Au+].[C-]#Cc1ccc2ccc3ccccc3c2c1.[C-]#Cc1ccc2ccc3ccccc3c2c1.c1ccc([PH+](C[PH+](c2ccccc2)c2ccccc2)c2ccccc2)cc1. The smallest absolute Gasteiger partial charge is 0.366 e. The molecule has 300 valence electrons. The van der Waals surface area contributed by atoms with Gasteiger partial charge in [-0.15, -0.1) is 35.4 Å². The summed E-state index contributed by atoms with van der Waals surface area (Å²) in [6.45, 7) is 0. The van der Waals surface area contributed by atoms with Crippen LogP contribution in [0.5, 0.6) is 0 Å². The molecule has 0 aliphatic carbocycles. The zero-order chi connectivity index (χ0) is 40.2. The Bertz CT molecular complexity index is 2760. The van der Waals surface area contributed by atoms with E-state index in [9.17, 15) is 0 Å². The van der Waals surface area contributed by atoms with E-state index in [-0.39, 0.29) is 44.8 Å². The number of hydrogen-bond acceptors (Lipinski definition) is 0. The van der Waals surface area contributed by atoms with Gasteiger partial charge in [-0.1, -0.05) is 158 Å². The molecule has 0 aliphatic heterocycles. The molecular weight excluding hydrogens is 1140 g/mol. The zero-order valence-electron chi connectivity index (χ0n) is 33.2. The van der Waals surface area contributed by atoms with Crippen LogP contribution in [-0.4, -0.2) is 5.90 Å². The summed E-state index contributed by atoms with van der Waals surface area (Å²) in [5.74, 6) is 6.11. The van der Waals surface area contributed by atoms with Crippen molar-refractivity contribution in [2.75, 3.05) is 5.90 Å². The fourth-order valence-corrected chi connectivity index (χ4v) is 15.4. The molecule has 0 N–H and O–H groups in total. The molecule has 10 aromatic carbocycles. The van der Waals surface area contributed by atoms with Crippen molar-refractivity contribution in [1.29, 1.82) is 0 Å². The third-order valence-corrected chi connectivity index (χ3v) is 17.6. The quantitative estimate of drug-likeness (QED) is 0.0512. The molecular formula is C57H42Au2P2+2. The summed E-state index contributed by atoms with van der Waals surface area (Å²) in [5.41, 5.74) is 1.65. The molecule has 0 bridgehead atoms. The van der Waals surface area contributed by atoms with Crippen LogP contribution in [0.15, 0.2) is 231 Å². The standard InChI is InChI=1S/C25H22P2.2C16H9.2Au/c1-5-13-22(14-6-1)26(23-15-7-2-8-16-23)21-27(24-17-9-3-10-18-24)25-19-11-4-12-20-25;2*1-2-12-7-8-14-10-9-13-5-3-4-6-15(13)16(14)11-12;;/h1-20H,21H2;2*3-11H;;/q;2*-1;2*+1/p+2. The van der Waals surface area contributed by atoms with Crippen LogP contribution in [-0.2, 0) is 44.8 Å². The van der Waals surface area contributed by atoms with E-state index in [0.717, 1.165) is 11.1 Å². The van der Waals surface area contributed by atoms with E-state index in [0.29, 0.717) is 0 Å². The first kappa shape index (κ1) is 45.2. The number of hydrogen-bond donors (Lipinski definition) is 0. The second kappa shape index (κ2) is 22.5. The van der Waals surface area contributed by atoms with E-state index in [1.807, 2.05) is 60.7 Å². The van der Waals surface area contributed by atoms with E-state index in [1.54, 1.807) is 0 Å². The summed E-state index contributed by atoms with van der Waals surface area (Å²) in [5, 5.41) is 15.7. The first-order valence-corrected chi connectivity index (χ1v) is 23.2. The van der Waals surface area contributed by atoms with Crippen molar-refractivity contribution in [3.8, 4) is 11.8 Å². The van der Waals surface area contributed by atoms with Crippen LogP contribution in [0.1, 0.15) is 11.1 Å². The molecule has 0 nitrogen and oxygen atoms in total. The van der Waals surface area contributed by atoms with Gasteiger partial charge in [0, 0.05) is 0 Å². The Hall–Kier alpha value is -5.30. The van der Waals surface area contributed by atoms with Gasteiger partial charge in [-0.2, -0.15) is 0 Å². The third-order valence-electron chi connectivity index (χ3n) is 10.6. The Morgan fingerprint density at radius 3 is 0.869 bits per heavy atom. The van der Waals surface area contributed by atoms with E-state index >= 15 is 0 Å². The van der Waals surface area contributed by atoms with Gasteiger partial charge in [0.2, 0.25) is 0 Å². The molecule has 0 spiro atoms.